The predicted molar refractivity (Wildman–Crippen MR) is 103 cm³/mol. The summed E-state index contributed by atoms with van der Waals surface area (Å²) in [6, 6.07) is 19.0. The number of hydrogen-bond acceptors (Lipinski definition) is 7. The van der Waals surface area contributed by atoms with Crippen molar-refractivity contribution in [1.82, 2.24) is 15.2 Å². The standard InChI is InChI=1S/C20H17N5O2/c1-13-4-2-6-15(10-13)23-20-25-24-19(27-20)14-5-3-7-16(11-14)26-17-8-9-22-18(21)12-17/h2-12H,1H3,(H2,21,22)(H,23,25). The van der Waals surface area contributed by atoms with Crippen molar-refractivity contribution in [2.24, 2.45) is 0 Å². The van der Waals surface area contributed by atoms with Crippen LogP contribution in [-0.2, 0) is 0 Å². The van der Waals surface area contributed by atoms with Crippen LogP contribution < -0.4 is 15.8 Å². The summed E-state index contributed by atoms with van der Waals surface area (Å²) in [6.45, 7) is 2.02. The van der Waals surface area contributed by atoms with Crippen LogP contribution in [0.15, 0.2) is 71.3 Å². The fourth-order valence-electron chi connectivity index (χ4n) is 2.56. The molecule has 0 saturated heterocycles. The third-order valence-electron chi connectivity index (χ3n) is 3.76. The second kappa shape index (κ2) is 7.17. The van der Waals surface area contributed by atoms with Crippen LogP contribution in [0.2, 0.25) is 0 Å². The van der Waals surface area contributed by atoms with Gasteiger partial charge >= 0.3 is 6.01 Å². The number of ether oxygens (including phenoxy) is 1. The quantitative estimate of drug-likeness (QED) is 0.539. The Balaban J connectivity index is 1.53. The average Bonchev–Trinajstić information content (AvgIpc) is 3.10. The molecule has 0 unspecified atom stereocenters. The second-order valence-electron chi connectivity index (χ2n) is 5.95. The number of nitrogen functional groups attached to an aromatic ring is 1. The van der Waals surface area contributed by atoms with Crippen molar-refractivity contribution in [3.05, 3.63) is 72.4 Å². The number of aryl methyl sites for hydroxylation is 1. The molecule has 7 heteroatoms. The molecule has 2 heterocycles. The third kappa shape index (κ3) is 4.04. The fourth-order valence-corrected chi connectivity index (χ4v) is 2.56. The van der Waals surface area contributed by atoms with Crippen molar-refractivity contribution in [2.75, 3.05) is 11.1 Å². The van der Waals surface area contributed by atoms with E-state index in [1.54, 1.807) is 18.3 Å². The predicted octanol–water partition coefficient (Wildman–Crippen LogP) is 4.56. The van der Waals surface area contributed by atoms with Gasteiger partial charge in [0.2, 0.25) is 5.89 Å². The molecule has 0 amide bonds. The summed E-state index contributed by atoms with van der Waals surface area (Å²) in [5, 5.41) is 11.3. The summed E-state index contributed by atoms with van der Waals surface area (Å²) < 4.78 is 11.5. The first kappa shape index (κ1) is 16.6. The average molecular weight is 359 g/mol. The van der Waals surface area contributed by atoms with Crippen molar-refractivity contribution in [3.8, 4) is 23.0 Å². The van der Waals surface area contributed by atoms with E-state index in [1.807, 2.05) is 55.5 Å². The summed E-state index contributed by atoms with van der Waals surface area (Å²) >= 11 is 0. The highest BCUT2D eigenvalue weighted by atomic mass is 16.5. The van der Waals surface area contributed by atoms with E-state index < -0.39 is 0 Å². The Bertz CT molecular complexity index is 1080. The molecular weight excluding hydrogens is 342 g/mol. The molecule has 7 nitrogen and oxygen atoms in total. The Hall–Kier alpha value is -3.87. The number of nitrogens with zero attached hydrogens (tertiary/aromatic N) is 3. The van der Waals surface area contributed by atoms with Crippen LogP contribution in [-0.4, -0.2) is 15.2 Å². The number of hydrogen-bond donors (Lipinski definition) is 2. The van der Waals surface area contributed by atoms with Crippen LogP contribution >= 0.6 is 0 Å². The lowest BCUT2D eigenvalue weighted by molar-refractivity contribution is 0.482. The lowest BCUT2D eigenvalue weighted by Crippen LogP contribution is -1.91. The van der Waals surface area contributed by atoms with Gasteiger partial charge in [-0.2, -0.15) is 0 Å². The van der Waals surface area contributed by atoms with Gasteiger partial charge in [0.25, 0.3) is 0 Å². The minimum atomic E-state index is 0.323. The van der Waals surface area contributed by atoms with Crippen molar-refractivity contribution >= 4 is 17.5 Å². The van der Waals surface area contributed by atoms with Crippen LogP contribution in [0.1, 0.15) is 5.56 Å². The van der Waals surface area contributed by atoms with E-state index in [4.69, 9.17) is 14.9 Å². The number of pyridine rings is 1. The van der Waals surface area contributed by atoms with E-state index in [0.717, 1.165) is 16.8 Å². The van der Waals surface area contributed by atoms with Gasteiger partial charge in [0.1, 0.15) is 17.3 Å². The van der Waals surface area contributed by atoms with Crippen molar-refractivity contribution in [2.45, 2.75) is 6.92 Å². The van der Waals surface area contributed by atoms with Gasteiger partial charge in [0.15, 0.2) is 0 Å². The molecule has 4 aromatic rings. The monoisotopic (exact) mass is 359 g/mol. The molecule has 0 aliphatic rings. The topological polar surface area (TPSA) is 99.1 Å². The van der Waals surface area contributed by atoms with Gasteiger partial charge < -0.3 is 20.2 Å². The van der Waals surface area contributed by atoms with Gasteiger partial charge in [-0.1, -0.05) is 23.3 Å². The summed E-state index contributed by atoms with van der Waals surface area (Å²) in [5.74, 6) is 2.02. The lowest BCUT2D eigenvalue weighted by atomic mass is 10.2. The summed E-state index contributed by atoms with van der Waals surface area (Å²) in [6.07, 6.45) is 1.59. The number of nitrogens with one attached hydrogen (secondary N) is 1. The highest BCUT2D eigenvalue weighted by molar-refractivity contribution is 5.58. The fraction of sp³-hybridized carbons (Fsp3) is 0.0500. The smallest absolute Gasteiger partial charge is 0.320 e. The van der Waals surface area contributed by atoms with E-state index in [2.05, 4.69) is 20.5 Å². The minimum Gasteiger partial charge on any atom is -0.457 e. The number of nitrogens with two attached hydrogens (primary N) is 1. The van der Waals surface area contributed by atoms with E-state index in [0.29, 0.717) is 29.2 Å². The van der Waals surface area contributed by atoms with Crippen LogP contribution in [0.25, 0.3) is 11.5 Å². The molecule has 3 N–H and O–H groups in total. The van der Waals surface area contributed by atoms with Crippen LogP contribution in [0, 0.1) is 6.92 Å². The van der Waals surface area contributed by atoms with Crippen molar-refractivity contribution in [3.63, 3.8) is 0 Å². The molecule has 0 saturated carbocycles. The van der Waals surface area contributed by atoms with Crippen molar-refractivity contribution < 1.29 is 9.15 Å². The minimum absolute atomic E-state index is 0.323. The highest BCUT2D eigenvalue weighted by Crippen LogP contribution is 2.28. The molecule has 0 spiro atoms. The molecule has 0 bridgehead atoms. The maximum absolute atomic E-state index is 5.81. The van der Waals surface area contributed by atoms with E-state index in [1.165, 1.54) is 0 Å². The first-order valence-electron chi connectivity index (χ1n) is 8.33. The number of benzene rings is 2. The van der Waals surface area contributed by atoms with E-state index in [9.17, 15) is 0 Å². The van der Waals surface area contributed by atoms with E-state index in [-0.39, 0.29) is 0 Å². The van der Waals surface area contributed by atoms with Gasteiger partial charge in [-0.25, -0.2) is 4.98 Å². The molecule has 27 heavy (non-hydrogen) atoms. The zero-order valence-electron chi connectivity index (χ0n) is 14.6. The summed E-state index contributed by atoms with van der Waals surface area (Å²) in [7, 11) is 0. The number of aromatic nitrogens is 3. The van der Waals surface area contributed by atoms with Crippen LogP contribution in [0.4, 0.5) is 17.5 Å². The lowest BCUT2D eigenvalue weighted by Gasteiger charge is -2.06. The first-order chi connectivity index (χ1) is 13.2. The molecule has 2 aromatic carbocycles. The van der Waals surface area contributed by atoms with Gasteiger partial charge in [0.05, 0.1) is 0 Å². The van der Waals surface area contributed by atoms with Gasteiger partial charge in [-0.05, 0) is 48.9 Å². The zero-order chi connectivity index (χ0) is 18.6. The van der Waals surface area contributed by atoms with Crippen LogP contribution in [0.3, 0.4) is 0 Å². The SMILES string of the molecule is Cc1cccc(Nc2nnc(-c3cccc(Oc4ccnc(N)c4)c3)o2)c1. The molecular formula is C20H17N5O2. The van der Waals surface area contributed by atoms with Gasteiger partial charge in [-0.15, -0.1) is 5.10 Å². The van der Waals surface area contributed by atoms with E-state index >= 15 is 0 Å². The molecule has 0 atom stereocenters. The third-order valence-corrected chi connectivity index (χ3v) is 3.76. The largest absolute Gasteiger partial charge is 0.457 e. The maximum Gasteiger partial charge on any atom is 0.320 e. The number of anilines is 3. The highest BCUT2D eigenvalue weighted by Gasteiger charge is 2.10. The molecule has 134 valence electrons. The number of rotatable bonds is 5. The molecule has 0 aliphatic carbocycles. The molecule has 0 fully saturated rings. The molecule has 0 aliphatic heterocycles. The molecule has 0 radical (unpaired) electrons. The Morgan fingerprint density at radius 2 is 1.81 bits per heavy atom. The Morgan fingerprint density at radius 1 is 0.963 bits per heavy atom. The molecule has 2 aromatic heterocycles. The first-order valence-corrected chi connectivity index (χ1v) is 8.33. The van der Waals surface area contributed by atoms with Gasteiger partial charge in [0, 0.05) is 23.5 Å². The maximum atomic E-state index is 5.81. The molecule has 4 rings (SSSR count). The Morgan fingerprint density at radius 3 is 2.67 bits per heavy atom. The Kier molecular flexibility index (Phi) is 4.40. The second-order valence-corrected chi connectivity index (χ2v) is 5.95. The van der Waals surface area contributed by atoms with Crippen molar-refractivity contribution in [1.29, 1.82) is 0 Å². The normalized spacial score (nSPS) is 10.6. The summed E-state index contributed by atoms with van der Waals surface area (Å²) in [5.41, 5.74) is 8.45. The summed E-state index contributed by atoms with van der Waals surface area (Å²) in [4.78, 5) is 3.95. The van der Waals surface area contributed by atoms with Crippen LogP contribution in [0.5, 0.6) is 11.5 Å². The Labute approximate surface area is 155 Å². The zero-order valence-corrected chi connectivity index (χ0v) is 14.6. The van der Waals surface area contributed by atoms with Gasteiger partial charge in [-0.3, -0.25) is 0 Å².